The molecule has 0 saturated heterocycles. The molecule has 0 atom stereocenters. The minimum absolute atomic E-state index is 0.0934. The van der Waals surface area contributed by atoms with E-state index in [1.807, 2.05) is 10.8 Å². The smallest absolute Gasteiger partial charge is 0.253 e. The number of aryl methyl sites for hydroxylation is 1. The zero-order valence-corrected chi connectivity index (χ0v) is 17.3. The molecule has 2 rings (SSSR count). The highest BCUT2D eigenvalue weighted by Crippen LogP contribution is 2.35. The van der Waals surface area contributed by atoms with Crippen molar-refractivity contribution in [1.82, 2.24) is 14.9 Å². The number of hydrogen-bond donors (Lipinski definition) is 1. The van der Waals surface area contributed by atoms with Crippen LogP contribution < -0.4 is 19.1 Å². The first-order valence-electron chi connectivity index (χ1n) is 8.80. The van der Waals surface area contributed by atoms with Crippen LogP contribution in [0.4, 0.5) is 5.69 Å². The highest BCUT2D eigenvalue weighted by Gasteiger charge is 2.24. The van der Waals surface area contributed by atoms with Gasteiger partial charge in [-0.25, -0.2) is 13.4 Å². The number of carbonyl (C=O) groups is 1. The standard InChI is InChI=1S/C18H26N4O5S/c1-5-28(24,25)21(2)15-12-17(27-4)16(26-3)11-14(15)18(23)20-7-6-9-22-10-8-19-13-22/h8,10-13H,5-7,9H2,1-4H3,(H,20,23). The third-order valence-electron chi connectivity index (χ3n) is 4.31. The first kappa shape index (κ1) is 21.5. The average molecular weight is 410 g/mol. The largest absolute Gasteiger partial charge is 0.493 e. The number of hydrogen-bond acceptors (Lipinski definition) is 6. The van der Waals surface area contributed by atoms with Gasteiger partial charge in [0.2, 0.25) is 10.0 Å². The molecule has 28 heavy (non-hydrogen) atoms. The molecule has 0 aliphatic rings. The Morgan fingerprint density at radius 2 is 1.93 bits per heavy atom. The summed E-state index contributed by atoms with van der Waals surface area (Å²) in [5.74, 6) is 0.202. The number of imidazole rings is 1. The number of carbonyl (C=O) groups excluding carboxylic acids is 1. The van der Waals surface area contributed by atoms with Gasteiger partial charge in [0.1, 0.15) is 0 Å². The van der Waals surface area contributed by atoms with Crippen molar-refractivity contribution in [2.45, 2.75) is 19.9 Å². The summed E-state index contributed by atoms with van der Waals surface area (Å²) < 4.78 is 38.2. The van der Waals surface area contributed by atoms with Crippen molar-refractivity contribution in [3.8, 4) is 11.5 Å². The van der Waals surface area contributed by atoms with Gasteiger partial charge in [0.15, 0.2) is 11.5 Å². The van der Waals surface area contributed by atoms with E-state index >= 15 is 0 Å². The molecule has 0 fully saturated rings. The van der Waals surface area contributed by atoms with Crippen LogP contribution in [0.1, 0.15) is 23.7 Å². The van der Waals surface area contributed by atoms with E-state index in [0.717, 1.165) is 4.31 Å². The monoisotopic (exact) mass is 410 g/mol. The summed E-state index contributed by atoms with van der Waals surface area (Å²) in [6.45, 7) is 2.68. The predicted molar refractivity (Wildman–Crippen MR) is 107 cm³/mol. The number of benzene rings is 1. The minimum atomic E-state index is -3.56. The number of amides is 1. The Kier molecular flexibility index (Phi) is 7.27. The summed E-state index contributed by atoms with van der Waals surface area (Å²) in [7, 11) is 0.758. The molecule has 9 nitrogen and oxygen atoms in total. The molecule has 1 aromatic carbocycles. The second-order valence-electron chi connectivity index (χ2n) is 6.00. The van der Waals surface area contributed by atoms with Crippen LogP contribution in [-0.4, -0.2) is 57.4 Å². The summed E-state index contributed by atoms with van der Waals surface area (Å²) >= 11 is 0. The number of nitrogens with one attached hydrogen (secondary N) is 1. The van der Waals surface area contributed by atoms with Gasteiger partial charge in [-0.15, -0.1) is 0 Å². The molecule has 10 heteroatoms. The Labute approximate surface area is 165 Å². The van der Waals surface area contributed by atoms with Crippen molar-refractivity contribution in [2.75, 3.05) is 37.9 Å². The van der Waals surface area contributed by atoms with Crippen LogP contribution in [0.15, 0.2) is 30.9 Å². The van der Waals surface area contributed by atoms with E-state index in [4.69, 9.17) is 9.47 Å². The molecule has 154 valence electrons. The SMILES string of the molecule is CCS(=O)(=O)N(C)c1cc(OC)c(OC)cc1C(=O)NCCCn1ccnc1. The van der Waals surface area contributed by atoms with Gasteiger partial charge in [-0.1, -0.05) is 0 Å². The van der Waals surface area contributed by atoms with E-state index in [1.54, 1.807) is 19.4 Å². The summed E-state index contributed by atoms with van der Waals surface area (Å²) in [5.41, 5.74) is 0.423. The predicted octanol–water partition coefficient (Wildman–Crippen LogP) is 1.51. The van der Waals surface area contributed by atoms with Crippen molar-refractivity contribution < 1.29 is 22.7 Å². The molecule has 0 spiro atoms. The quantitative estimate of drug-likeness (QED) is 0.596. The normalized spacial score (nSPS) is 11.1. The minimum Gasteiger partial charge on any atom is -0.493 e. The lowest BCUT2D eigenvalue weighted by atomic mass is 10.1. The van der Waals surface area contributed by atoms with E-state index in [2.05, 4.69) is 10.3 Å². The van der Waals surface area contributed by atoms with Crippen molar-refractivity contribution in [2.24, 2.45) is 0 Å². The fourth-order valence-corrected chi connectivity index (χ4v) is 3.47. The molecule has 1 N–H and O–H groups in total. The number of aromatic nitrogens is 2. The number of sulfonamides is 1. The molecule has 0 radical (unpaired) electrons. The van der Waals surface area contributed by atoms with Crippen LogP contribution in [-0.2, 0) is 16.6 Å². The summed E-state index contributed by atoms with van der Waals surface area (Å²) in [6.07, 6.45) is 5.95. The maximum Gasteiger partial charge on any atom is 0.253 e. The highest BCUT2D eigenvalue weighted by atomic mass is 32.2. The van der Waals surface area contributed by atoms with E-state index in [-0.39, 0.29) is 22.9 Å². The van der Waals surface area contributed by atoms with E-state index < -0.39 is 10.0 Å². The molecule has 1 amide bonds. The molecule has 0 bridgehead atoms. The zero-order valence-electron chi connectivity index (χ0n) is 16.5. The van der Waals surface area contributed by atoms with Crippen LogP contribution in [0.25, 0.3) is 0 Å². The lowest BCUT2D eigenvalue weighted by Gasteiger charge is -2.23. The van der Waals surface area contributed by atoms with Crippen LogP contribution in [0.3, 0.4) is 0 Å². The zero-order chi connectivity index (χ0) is 20.7. The summed E-state index contributed by atoms with van der Waals surface area (Å²) in [5, 5.41) is 2.82. The third kappa shape index (κ3) is 4.94. The summed E-state index contributed by atoms with van der Waals surface area (Å²) in [6, 6.07) is 2.98. The Hall–Kier alpha value is -2.75. The molecule has 2 aromatic rings. The Morgan fingerprint density at radius 3 is 2.50 bits per heavy atom. The average Bonchev–Trinajstić information content (AvgIpc) is 3.22. The molecule has 0 aliphatic carbocycles. The lowest BCUT2D eigenvalue weighted by molar-refractivity contribution is 0.0953. The number of rotatable bonds is 10. The maximum atomic E-state index is 12.8. The maximum absolute atomic E-state index is 12.8. The Bertz CT molecular complexity index is 897. The van der Waals surface area contributed by atoms with Crippen LogP contribution in [0.2, 0.25) is 0 Å². The van der Waals surface area contributed by atoms with E-state index in [1.165, 1.54) is 33.4 Å². The van der Waals surface area contributed by atoms with Gasteiger partial charge >= 0.3 is 0 Å². The fraction of sp³-hybridized carbons (Fsp3) is 0.444. The van der Waals surface area contributed by atoms with Crippen molar-refractivity contribution in [1.29, 1.82) is 0 Å². The molecule has 0 saturated carbocycles. The molecule has 1 heterocycles. The molecule has 1 aromatic heterocycles. The molecule has 0 unspecified atom stereocenters. The van der Waals surface area contributed by atoms with Gasteiger partial charge < -0.3 is 19.4 Å². The molecular formula is C18H26N4O5S. The number of anilines is 1. The van der Waals surface area contributed by atoms with Crippen molar-refractivity contribution in [3.63, 3.8) is 0 Å². The van der Waals surface area contributed by atoms with Gasteiger partial charge in [-0.3, -0.25) is 9.10 Å². The second kappa shape index (κ2) is 9.45. The van der Waals surface area contributed by atoms with Gasteiger partial charge in [0, 0.05) is 38.6 Å². The third-order valence-corrected chi connectivity index (χ3v) is 6.07. The van der Waals surface area contributed by atoms with Crippen LogP contribution >= 0.6 is 0 Å². The number of methoxy groups -OCH3 is 2. The Balaban J connectivity index is 2.25. The molecule has 0 aliphatic heterocycles. The highest BCUT2D eigenvalue weighted by molar-refractivity contribution is 7.92. The van der Waals surface area contributed by atoms with Crippen LogP contribution in [0, 0.1) is 0 Å². The van der Waals surface area contributed by atoms with Crippen LogP contribution in [0.5, 0.6) is 11.5 Å². The Morgan fingerprint density at radius 1 is 1.25 bits per heavy atom. The van der Waals surface area contributed by atoms with Gasteiger partial charge in [0.05, 0.1) is 37.6 Å². The van der Waals surface area contributed by atoms with Gasteiger partial charge in [0.25, 0.3) is 5.91 Å². The first-order valence-corrected chi connectivity index (χ1v) is 10.4. The number of ether oxygens (including phenoxy) is 2. The second-order valence-corrected chi connectivity index (χ2v) is 8.29. The van der Waals surface area contributed by atoms with Gasteiger partial charge in [-0.05, 0) is 19.4 Å². The van der Waals surface area contributed by atoms with E-state index in [0.29, 0.717) is 31.0 Å². The van der Waals surface area contributed by atoms with E-state index in [9.17, 15) is 13.2 Å². The van der Waals surface area contributed by atoms with Gasteiger partial charge in [-0.2, -0.15) is 0 Å². The first-order chi connectivity index (χ1) is 13.3. The van der Waals surface area contributed by atoms with Crippen molar-refractivity contribution in [3.05, 3.63) is 36.4 Å². The number of nitrogens with zero attached hydrogens (tertiary/aromatic N) is 3. The fourth-order valence-electron chi connectivity index (χ4n) is 2.63. The van der Waals surface area contributed by atoms with Crippen molar-refractivity contribution >= 4 is 21.6 Å². The lowest BCUT2D eigenvalue weighted by Crippen LogP contribution is -2.32. The molecular weight excluding hydrogens is 384 g/mol. The topological polar surface area (TPSA) is 103 Å². The summed E-state index contributed by atoms with van der Waals surface area (Å²) in [4.78, 5) is 16.7.